The number of aromatic nitrogens is 3. The van der Waals surface area contributed by atoms with Gasteiger partial charge in [-0.1, -0.05) is 5.21 Å². The lowest BCUT2D eigenvalue weighted by Gasteiger charge is -2.10. The predicted octanol–water partition coefficient (Wildman–Crippen LogP) is 1.90. The van der Waals surface area contributed by atoms with Gasteiger partial charge in [-0.25, -0.2) is 9.59 Å². The topological polar surface area (TPSA) is 117 Å². The van der Waals surface area contributed by atoms with Crippen molar-refractivity contribution in [2.45, 2.75) is 6.18 Å². The summed E-state index contributed by atoms with van der Waals surface area (Å²) < 4.78 is 55.2. The summed E-state index contributed by atoms with van der Waals surface area (Å²) in [5.41, 5.74) is -4.52. The maximum absolute atomic E-state index is 13.6. The second kappa shape index (κ2) is 7.31. The zero-order valence-electron chi connectivity index (χ0n) is 14.2. The van der Waals surface area contributed by atoms with Crippen LogP contribution in [0, 0.1) is 0 Å². The summed E-state index contributed by atoms with van der Waals surface area (Å²) >= 11 is 0. The van der Waals surface area contributed by atoms with Gasteiger partial charge in [-0.15, -0.1) is 5.10 Å². The van der Waals surface area contributed by atoms with E-state index in [9.17, 15) is 27.9 Å². The van der Waals surface area contributed by atoms with E-state index >= 15 is 0 Å². The molecule has 0 saturated heterocycles. The highest BCUT2D eigenvalue weighted by Gasteiger charge is 2.43. The minimum Gasteiger partial charge on any atom is -0.508 e. The normalized spacial score (nSPS) is 11.7. The van der Waals surface area contributed by atoms with Crippen molar-refractivity contribution in [1.82, 2.24) is 15.0 Å². The Labute approximate surface area is 153 Å². The average molecular weight is 399 g/mol. The van der Waals surface area contributed by atoms with Crippen LogP contribution in [0.5, 0.6) is 5.75 Å². The van der Waals surface area contributed by atoms with Gasteiger partial charge in [-0.3, -0.25) is 0 Å². The zero-order valence-corrected chi connectivity index (χ0v) is 14.2. The van der Waals surface area contributed by atoms with E-state index in [0.29, 0.717) is 0 Å². The average Bonchev–Trinajstić information content (AvgIpc) is 3.06. The smallest absolute Gasteiger partial charge is 0.436 e. The van der Waals surface area contributed by atoms with E-state index in [2.05, 4.69) is 19.8 Å². The number of phenolic OH excluding ortho intramolecular Hbond substituents is 1. The van der Waals surface area contributed by atoms with Crippen LogP contribution >= 0.6 is 0 Å². The fourth-order valence-electron chi connectivity index (χ4n) is 2.37. The molecule has 3 aromatic rings. The lowest BCUT2D eigenvalue weighted by atomic mass is 10.2. The van der Waals surface area contributed by atoms with Crippen LogP contribution in [-0.4, -0.2) is 46.4 Å². The molecule has 2 heterocycles. The first-order valence-electron chi connectivity index (χ1n) is 7.68. The molecule has 1 N–H and O–H groups in total. The summed E-state index contributed by atoms with van der Waals surface area (Å²) in [7, 11) is 1.32. The molecule has 0 radical (unpaired) electrons. The van der Waals surface area contributed by atoms with Crippen molar-refractivity contribution in [3.63, 3.8) is 0 Å². The Morgan fingerprint density at radius 2 is 2.04 bits per heavy atom. The third-order valence-corrected chi connectivity index (χ3v) is 3.58. The molecule has 148 valence electrons. The second-order valence-corrected chi connectivity index (χ2v) is 5.47. The van der Waals surface area contributed by atoms with Crippen molar-refractivity contribution in [2.24, 2.45) is 0 Å². The number of benzene rings is 1. The molecule has 12 heteroatoms. The van der Waals surface area contributed by atoms with Gasteiger partial charge in [-0.2, -0.15) is 17.9 Å². The minimum absolute atomic E-state index is 0.0255. The van der Waals surface area contributed by atoms with Crippen molar-refractivity contribution in [2.75, 3.05) is 20.3 Å². The van der Waals surface area contributed by atoms with Crippen LogP contribution in [0.2, 0.25) is 0 Å². The quantitative estimate of drug-likeness (QED) is 0.393. The largest absolute Gasteiger partial charge is 0.508 e. The van der Waals surface area contributed by atoms with Crippen LogP contribution in [0.4, 0.5) is 13.2 Å². The molecule has 28 heavy (non-hydrogen) atoms. The van der Waals surface area contributed by atoms with E-state index in [-0.39, 0.29) is 34.6 Å². The molecule has 0 aliphatic rings. The van der Waals surface area contributed by atoms with E-state index in [1.54, 1.807) is 0 Å². The Kier molecular flexibility index (Phi) is 5.05. The monoisotopic (exact) mass is 399 g/mol. The van der Waals surface area contributed by atoms with Crippen molar-refractivity contribution >= 4 is 16.9 Å². The maximum atomic E-state index is 13.6. The molecule has 1 aromatic carbocycles. The van der Waals surface area contributed by atoms with Gasteiger partial charge in [0.15, 0.2) is 11.4 Å². The molecule has 2 aromatic heterocycles. The fraction of sp³-hybridized carbons (Fsp3) is 0.250. The molecule has 0 spiro atoms. The molecule has 0 amide bonds. The zero-order chi connectivity index (χ0) is 20.5. The fourth-order valence-corrected chi connectivity index (χ4v) is 2.37. The minimum atomic E-state index is -5.07. The van der Waals surface area contributed by atoms with Crippen LogP contribution in [0.15, 0.2) is 33.5 Å². The molecule has 0 unspecified atom stereocenters. The number of aromatic hydroxyl groups is 1. The number of nitrogens with zero attached hydrogens (tertiary/aromatic N) is 3. The number of ether oxygens (including phenoxy) is 2. The summed E-state index contributed by atoms with van der Waals surface area (Å²) in [6.45, 7) is -0.316. The Morgan fingerprint density at radius 1 is 1.29 bits per heavy atom. The third kappa shape index (κ3) is 3.67. The lowest BCUT2D eigenvalue weighted by molar-refractivity contribution is -0.143. The van der Waals surface area contributed by atoms with Crippen LogP contribution in [0.1, 0.15) is 16.2 Å². The van der Waals surface area contributed by atoms with Gasteiger partial charge in [0.05, 0.1) is 6.61 Å². The van der Waals surface area contributed by atoms with Crippen LogP contribution < -0.4 is 5.63 Å². The lowest BCUT2D eigenvalue weighted by Crippen LogP contribution is -2.22. The van der Waals surface area contributed by atoms with Crippen molar-refractivity contribution in [3.8, 4) is 11.4 Å². The van der Waals surface area contributed by atoms with E-state index in [1.807, 2.05) is 0 Å². The Bertz CT molecular complexity index is 1090. The summed E-state index contributed by atoms with van der Waals surface area (Å²) in [5.74, 6) is -1.56. The molecule has 0 bridgehead atoms. The standard InChI is InChI=1S/C16H12F3N3O6/c1-26-4-5-27-15(25)12-13(16(17,18)19)22(21-20-12)10-6-8-2-3-9(23)7-11(8)28-14(10)24/h2-3,6-7,23H,4-5H2,1H3. The number of methoxy groups -OCH3 is 1. The second-order valence-electron chi connectivity index (χ2n) is 5.47. The molecule has 9 nitrogen and oxygen atoms in total. The highest BCUT2D eigenvalue weighted by molar-refractivity contribution is 5.89. The number of phenols is 1. The summed E-state index contributed by atoms with van der Waals surface area (Å²) in [4.78, 5) is 24.1. The number of hydrogen-bond donors (Lipinski definition) is 1. The third-order valence-electron chi connectivity index (χ3n) is 3.58. The highest BCUT2D eigenvalue weighted by atomic mass is 19.4. The van der Waals surface area contributed by atoms with Crippen molar-refractivity contribution in [1.29, 1.82) is 0 Å². The first-order valence-corrected chi connectivity index (χ1v) is 7.68. The van der Waals surface area contributed by atoms with E-state index in [4.69, 9.17) is 4.42 Å². The number of hydrogen-bond acceptors (Lipinski definition) is 8. The van der Waals surface area contributed by atoms with Crippen LogP contribution in [0.3, 0.4) is 0 Å². The van der Waals surface area contributed by atoms with Gasteiger partial charge < -0.3 is 19.0 Å². The molecule has 0 saturated carbocycles. The van der Waals surface area contributed by atoms with Gasteiger partial charge in [0.1, 0.15) is 17.9 Å². The molecule has 3 rings (SSSR count). The Balaban J connectivity index is 2.13. The molecule has 0 aliphatic carbocycles. The molecule has 0 fully saturated rings. The Hall–Kier alpha value is -3.41. The molecule has 0 atom stereocenters. The number of fused-ring (bicyclic) bond motifs is 1. The number of rotatable bonds is 5. The molecule has 0 aliphatic heterocycles. The van der Waals surface area contributed by atoms with Gasteiger partial charge in [0, 0.05) is 18.6 Å². The van der Waals surface area contributed by atoms with Crippen molar-refractivity contribution < 1.29 is 37.0 Å². The van der Waals surface area contributed by atoms with E-state index in [0.717, 1.165) is 12.1 Å². The number of halogens is 3. The van der Waals surface area contributed by atoms with Gasteiger partial charge in [-0.05, 0) is 18.2 Å². The van der Waals surface area contributed by atoms with Crippen molar-refractivity contribution in [3.05, 3.63) is 46.1 Å². The van der Waals surface area contributed by atoms with Crippen LogP contribution in [0.25, 0.3) is 16.7 Å². The van der Waals surface area contributed by atoms with Gasteiger partial charge >= 0.3 is 17.8 Å². The molecular formula is C16H12F3N3O6. The number of carbonyl (C=O) groups is 1. The van der Waals surface area contributed by atoms with E-state index in [1.165, 1.54) is 19.2 Å². The summed E-state index contributed by atoms with van der Waals surface area (Å²) in [6.07, 6.45) is -5.07. The highest BCUT2D eigenvalue weighted by Crippen LogP contribution is 2.33. The SMILES string of the molecule is COCCOC(=O)c1nnn(-c2cc3ccc(O)cc3oc2=O)c1C(F)(F)F. The first-order chi connectivity index (χ1) is 13.2. The summed E-state index contributed by atoms with van der Waals surface area (Å²) in [5, 5.41) is 16.2. The van der Waals surface area contributed by atoms with Gasteiger partial charge in [0.2, 0.25) is 5.69 Å². The number of carbonyl (C=O) groups excluding carboxylic acids is 1. The predicted molar refractivity (Wildman–Crippen MR) is 86.2 cm³/mol. The van der Waals surface area contributed by atoms with E-state index < -0.39 is 34.8 Å². The van der Waals surface area contributed by atoms with Crippen LogP contribution in [-0.2, 0) is 15.7 Å². The number of alkyl halides is 3. The maximum Gasteiger partial charge on any atom is 0.436 e. The number of esters is 1. The first kappa shape index (κ1) is 19.4. The Morgan fingerprint density at radius 3 is 2.71 bits per heavy atom. The van der Waals surface area contributed by atoms with Gasteiger partial charge in [0.25, 0.3) is 0 Å². The molecular weight excluding hydrogens is 387 g/mol. The summed E-state index contributed by atoms with van der Waals surface area (Å²) in [6, 6.07) is 4.80.